The Bertz CT molecular complexity index is 556. The fraction of sp³-hybridized carbons (Fsp3) is 0. The summed E-state index contributed by atoms with van der Waals surface area (Å²) in [6, 6.07) is 0. The molecule has 0 saturated heterocycles. The smallest absolute Gasteiger partial charge is 0.248 e. The van der Waals surface area contributed by atoms with Crippen LogP contribution in [-0.2, 0) is 9.59 Å². The van der Waals surface area contributed by atoms with Crippen LogP contribution in [0.2, 0.25) is 0 Å². The van der Waals surface area contributed by atoms with E-state index >= 15 is 0 Å². The van der Waals surface area contributed by atoms with Gasteiger partial charge in [0.15, 0.2) is 23.3 Å². The van der Waals surface area contributed by atoms with Crippen LogP contribution in [0.1, 0.15) is 0 Å². The molecule has 0 aliphatic rings. The molecule has 1 aromatic carbocycles. The van der Waals surface area contributed by atoms with E-state index in [4.69, 9.17) is 0 Å². The molecule has 4 nitrogen and oxygen atoms in total. The summed E-state index contributed by atoms with van der Waals surface area (Å²) in [5.74, 6) is -14.5. The summed E-state index contributed by atoms with van der Waals surface area (Å²) in [5.41, 5.74) is -1.58. The number of carbonyl (C=O) groups is 2. The van der Waals surface area contributed by atoms with Crippen molar-refractivity contribution in [3.05, 3.63) is 41.2 Å². The van der Waals surface area contributed by atoms with Crippen molar-refractivity contribution in [2.24, 2.45) is 0 Å². The van der Waals surface area contributed by atoms with Crippen molar-refractivity contribution in [2.75, 3.05) is 5.32 Å². The lowest BCUT2D eigenvalue weighted by atomic mass is 10.2. The normalized spacial score (nSPS) is 10.8. The Hall–Kier alpha value is -2.45. The number of nitrogens with one attached hydrogen (secondary N) is 1. The molecule has 0 aliphatic heterocycles. The fourth-order valence-electron chi connectivity index (χ4n) is 1.02. The number of halogens is 5. The van der Waals surface area contributed by atoms with Gasteiger partial charge in [-0.2, -0.15) is 0 Å². The lowest BCUT2D eigenvalue weighted by Gasteiger charge is -2.08. The Kier molecular flexibility index (Phi) is 4.20. The first-order valence-corrected chi connectivity index (χ1v) is 4.47. The maximum absolute atomic E-state index is 13.1. The second-order valence-corrected chi connectivity index (χ2v) is 3.09. The van der Waals surface area contributed by atoms with Gasteiger partial charge < -0.3 is 15.2 Å². The Morgan fingerprint density at radius 3 is 1.68 bits per heavy atom. The molecule has 0 fully saturated rings. The molecule has 0 bridgehead atoms. The molecule has 0 radical (unpaired) electrons. The predicted octanol–water partition coefficient (Wildman–Crippen LogP) is 0.627. The van der Waals surface area contributed by atoms with Gasteiger partial charge in [0.2, 0.25) is 11.7 Å². The molecule has 1 N–H and O–H groups in total. The van der Waals surface area contributed by atoms with Gasteiger partial charge in [-0.15, -0.1) is 0 Å². The van der Waals surface area contributed by atoms with Crippen LogP contribution in [-0.4, -0.2) is 11.9 Å². The van der Waals surface area contributed by atoms with Crippen molar-refractivity contribution in [3.63, 3.8) is 0 Å². The van der Waals surface area contributed by atoms with Crippen LogP contribution in [0.3, 0.4) is 0 Å². The molecular formula is C10H3F5NO3-. The Morgan fingerprint density at radius 2 is 1.26 bits per heavy atom. The van der Waals surface area contributed by atoms with Gasteiger partial charge in [-0.25, -0.2) is 22.0 Å². The summed E-state index contributed by atoms with van der Waals surface area (Å²) in [4.78, 5) is 20.9. The highest BCUT2D eigenvalue weighted by atomic mass is 19.2. The lowest BCUT2D eigenvalue weighted by molar-refractivity contribution is -0.297. The van der Waals surface area contributed by atoms with E-state index in [1.807, 2.05) is 0 Å². The zero-order chi connectivity index (χ0) is 14.7. The molecule has 0 aromatic heterocycles. The Labute approximate surface area is 102 Å². The zero-order valence-corrected chi connectivity index (χ0v) is 8.77. The highest BCUT2D eigenvalue weighted by Gasteiger charge is 2.26. The van der Waals surface area contributed by atoms with E-state index in [1.54, 1.807) is 0 Å². The third-order valence-corrected chi connectivity index (χ3v) is 1.83. The van der Waals surface area contributed by atoms with Gasteiger partial charge in [0.1, 0.15) is 5.69 Å². The second-order valence-electron chi connectivity index (χ2n) is 3.09. The molecule has 1 rings (SSSR count). The van der Waals surface area contributed by atoms with Gasteiger partial charge in [0, 0.05) is 6.08 Å². The summed E-state index contributed by atoms with van der Waals surface area (Å²) in [6.45, 7) is 0. The first-order chi connectivity index (χ1) is 8.75. The number of carboxylic acid groups (broad SMARTS) is 1. The molecule has 0 atom stereocenters. The van der Waals surface area contributed by atoms with Gasteiger partial charge in [-0.1, -0.05) is 0 Å². The van der Waals surface area contributed by atoms with Crippen LogP contribution in [0, 0.1) is 29.1 Å². The molecule has 0 unspecified atom stereocenters. The maximum Gasteiger partial charge on any atom is 0.248 e. The molecule has 102 valence electrons. The first kappa shape index (κ1) is 14.6. The molecule has 9 heteroatoms. The molecule has 0 saturated carbocycles. The molecule has 0 heterocycles. The summed E-state index contributed by atoms with van der Waals surface area (Å²) in [6.07, 6.45) is 0.495. The Morgan fingerprint density at radius 1 is 0.842 bits per heavy atom. The molecule has 0 aliphatic carbocycles. The highest BCUT2D eigenvalue weighted by molar-refractivity contribution is 6.02. The molecule has 19 heavy (non-hydrogen) atoms. The van der Waals surface area contributed by atoms with Gasteiger partial charge in [-0.3, -0.25) is 4.79 Å². The van der Waals surface area contributed by atoms with Gasteiger partial charge in [0.05, 0.1) is 5.97 Å². The summed E-state index contributed by atoms with van der Waals surface area (Å²) >= 11 is 0. The molecule has 1 aromatic rings. The van der Waals surface area contributed by atoms with Crippen LogP contribution in [0.25, 0.3) is 0 Å². The summed E-state index contributed by atoms with van der Waals surface area (Å²) < 4.78 is 64.3. The Balaban J connectivity index is 3.16. The van der Waals surface area contributed by atoms with Crippen LogP contribution in [0.4, 0.5) is 27.6 Å². The monoisotopic (exact) mass is 280 g/mol. The topological polar surface area (TPSA) is 69.2 Å². The van der Waals surface area contributed by atoms with E-state index in [1.165, 1.54) is 5.32 Å². The van der Waals surface area contributed by atoms with E-state index in [-0.39, 0.29) is 12.2 Å². The van der Waals surface area contributed by atoms with Crippen LogP contribution in [0.15, 0.2) is 12.2 Å². The van der Waals surface area contributed by atoms with E-state index in [0.717, 1.165) is 0 Å². The fourth-order valence-corrected chi connectivity index (χ4v) is 1.02. The first-order valence-electron chi connectivity index (χ1n) is 4.47. The number of benzene rings is 1. The van der Waals surface area contributed by atoms with Gasteiger partial charge >= 0.3 is 0 Å². The van der Waals surface area contributed by atoms with E-state index < -0.39 is 46.6 Å². The van der Waals surface area contributed by atoms with Crippen LogP contribution >= 0.6 is 0 Å². The van der Waals surface area contributed by atoms with E-state index in [2.05, 4.69) is 0 Å². The van der Waals surface area contributed by atoms with Crippen molar-refractivity contribution in [2.45, 2.75) is 0 Å². The number of anilines is 1. The van der Waals surface area contributed by atoms with Gasteiger partial charge in [-0.05, 0) is 6.08 Å². The average Bonchev–Trinajstić information content (AvgIpc) is 2.36. The number of amides is 1. The molecule has 1 amide bonds. The summed E-state index contributed by atoms with van der Waals surface area (Å²) in [7, 11) is 0. The highest BCUT2D eigenvalue weighted by Crippen LogP contribution is 2.26. The quantitative estimate of drug-likeness (QED) is 0.382. The van der Waals surface area contributed by atoms with Crippen LogP contribution in [0.5, 0.6) is 0 Å². The zero-order valence-electron chi connectivity index (χ0n) is 8.77. The SMILES string of the molecule is O=C([O-])C=CC(=O)Nc1c(F)c(F)c(F)c(F)c1F. The van der Waals surface area contributed by atoms with E-state index in [9.17, 15) is 36.6 Å². The van der Waals surface area contributed by atoms with Crippen molar-refractivity contribution in [1.29, 1.82) is 0 Å². The van der Waals surface area contributed by atoms with Crippen molar-refractivity contribution in [1.82, 2.24) is 0 Å². The minimum Gasteiger partial charge on any atom is -0.545 e. The minimum absolute atomic E-state index is 0.210. The summed E-state index contributed by atoms with van der Waals surface area (Å²) in [5, 5.41) is 11.3. The number of hydrogen-bond acceptors (Lipinski definition) is 3. The minimum atomic E-state index is -2.38. The van der Waals surface area contributed by atoms with E-state index in [0.29, 0.717) is 0 Å². The number of carboxylic acids is 1. The standard InChI is InChI=1S/C10H4F5NO3/c11-5-6(12)8(14)10(9(15)7(5)13)16-3(17)1-2-4(18)19/h1-2H,(H,16,17)(H,18,19)/p-1. The predicted molar refractivity (Wildman–Crippen MR) is 49.0 cm³/mol. The largest absolute Gasteiger partial charge is 0.545 e. The lowest BCUT2D eigenvalue weighted by Crippen LogP contribution is -2.20. The number of hydrogen-bond donors (Lipinski definition) is 1. The van der Waals surface area contributed by atoms with Crippen molar-refractivity contribution >= 4 is 17.6 Å². The molecular weight excluding hydrogens is 277 g/mol. The number of rotatable bonds is 3. The third-order valence-electron chi connectivity index (χ3n) is 1.83. The number of carbonyl (C=O) groups excluding carboxylic acids is 2. The number of aliphatic carboxylic acids is 1. The molecule has 0 spiro atoms. The second kappa shape index (κ2) is 5.46. The average molecular weight is 280 g/mol. The van der Waals surface area contributed by atoms with Crippen LogP contribution < -0.4 is 10.4 Å². The van der Waals surface area contributed by atoms with Crippen molar-refractivity contribution in [3.8, 4) is 0 Å². The van der Waals surface area contributed by atoms with Crippen molar-refractivity contribution < 1.29 is 36.6 Å². The maximum atomic E-state index is 13.1. The van der Waals surface area contributed by atoms with Gasteiger partial charge in [0.25, 0.3) is 0 Å². The third kappa shape index (κ3) is 3.06.